The van der Waals surface area contributed by atoms with Gasteiger partial charge in [0, 0.05) is 5.75 Å². The van der Waals surface area contributed by atoms with Gasteiger partial charge in [-0.1, -0.05) is 0 Å². The van der Waals surface area contributed by atoms with E-state index in [0.29, 0.717) is 17.6 Å². The van der Waals surface area contributed by atoms with Crippen molar-refractivity contribution in [3.05, 3.63) is 11.5 Å². The summed E-state index contributed by atoms with van der Waals surface area (Å²) >= 11 is 5.81. The van der Waals surface area contributed by atoms with E-state index in [1.54, 1.807) is 0 Å². The van der Waals surface area contributed by atoms with Crippen LogP contribution in [0.5, 0.6) is 5.88 Å². The Bertz CT molecular complexity index is 716. The summed E-state index contributed by atoms with van der Waals surface area (Å²) in [6.45, 7) is 0.815. The van der Waals surface area contributed by atoms with Gasteiger partial charge in [0.25, 0.3) is 0 Å². The number of aromatic nitrogens is 4. The number of nitrogens with one attached hydrogen (secondary N) is 1. The summed E-state index contributed by atoms with van der Waals surface area (Å²) in [5, 5.41) is 6.91. The zero-order valence-corrected chi connectivity index (χ0v) is 15.8. The third-order valence-corrected chi connectivity index (χ3v) is 4.69. The van der Waals surface area contributed by atoms with Crippen molar-refractivity contribution in [3.63, 3.8) is 0 Å². The molecule has 0 aliphatic rings. The SMILES string of the molecule is COc1nc(Cl)nc2cnn(CC(=O)NCOCCS(C)(C)C)c12. The van der Waals surface area contributed by atoms with Crippen LogP contribution in [0, 0.1) is 0 Å². The molecule has 1 amide bonds. The van der Waals surface area contributed by atoms with E-state index in [1.165, 1.54) is 18.0 Å². The normalized spacial score (nSPS) is 12.4. The van der Waals surface area contributed by atoms with E-state index in [1.807, 2.05) is 0 Å². The van der Waals surface area contributed by atoms with E-state index in [9.17, 15) is 4.79 Å². The maximum Gasteiger partial charge on any atom is 0.244 e. The molecule has 2 heterocycles. The van der Waals surface area contributed by atoms with E-state index in [0.717, 1.165) is 5.75 Å². The Hall–Kier alpha value is -1.58. The summed E-state index contributed by atoms with van der Waals surface area (Å²) in [4.78, 5) is 20.1. The first kappa shape index (κ1) is 18.8. The number of hydrogen-bond acceptors (Lipinski definition) is 6. The highest BCUT2D eigenvalue weighted by Gasteiger charge is 2.15. The summed E-state index contributed by atoms with van der Waals surface area (Å²) in [5.41, 5.74) is 1.04. The fourth-order valence-corrected chi connectivity index (χ4v) is 2.69. The molecule has 0 bridgehead atoms. The van der Waals surface area contributed by atoms with Crippen molar-refractivity contribution < 1.29 is 14.3 Å². The number of hydrogen-bond donors (Lipinski definition) is 1. The Morgan fingerprint density at radius 2 is 2.12 bits per heavy atom. The van der Waals surface area contributed by atoms with E-state index >= 15 is 0 Å². The molecule has 0 saturated heterocycles. The molecule has 0 saturated carbocycles. The largest absolute Gasteiger partial charge is 0.479 e. The van der Waals surface area contributed by atoms with Crippen LogP contribution in [0.3, 0.4) is 0 Å². The Labute approximate surface area is 147 Å². The number of fused-ring (bicyclic) bond motifs is 1. The third-order valence-electron chi connectivity index (χ3n) is 3.13. The van der Waals surface area contributed by atoms with Crippen LogP contribution >= 0.6 is 21.6 Å². The van der Waals surface area contributed by atoms with Crippen molar-refractivity contribution in [1.82, 2.24) is 25.1 Å². The molecule has 0 aliphatic heterocycles. The third kappa shape index (κ3) is 5.22. The van der Waals surface area contributed by atoms with Gasteiger partial charge in [0.1, 0.15) is 24.3 Å². The summed E-state index contributed by atoms with van der Waals surface area (Å²) in [6.07, 6.45) is 8.18. The van der Waals surface area contributed by atoms with Gasteiger partial charge in [-0.15, -0.1) is 0 Å². The lowest BCUT2D eigenvalue weighted by molar-refractivity contribution is -0.123. The quantitative estimate of drug-likeness (QED) is 0.424. The summed E-state index contributed by atoms with van der Waals surface area (Å²) in [5.74, 6) is 1.06. The zero-order chi connectivity index (χ0) is 17.7. The molecule has 134 valence electrons. The number of halogens is 1. The summed E-state index contributed by atoms with van der Waals surface area (Å²) in [7, 11) is 0.881. The molecule has 2 rings (SSSR count). The van der Waals surface area contributed by atoms with Crippen LogP contribution in [0.2, 0.25) is 5.28 Å². The molecule has 10 heteroatoms. The number of carbonyl (C=O) groups is 1. The van der Waals surface area contributed by atoms with Gasteiger partial charge in [-0.2, -0.15) is 10.1 Å². The molecule has 0 fully saturated rings. The number of nitrogens with zero attached hydrogens (tertiary/aromatic N) is 4. The van der Waals surface area contributed by atoms with Crippen LogP contribution in [0.1, 0.15) is 0 Å². The van der Waals surface area contributed by atoms with Gasteiger partial charge >= 0.3 is 0 Å². The second kappa shape index (κ2) is 8.00. The van der Waals surface area contributed by atoms with Crippen LogP contribution in [0.4, 0.5) is 0 Å². The molecule has 0 atom stereocenters. The lowest BCUT2D eigenvalue weighted by Crippen LogP contribution is -2.30. The van der Waals surface area contributed by atoms with Gasteiger partial charge in [-0.05, 0) is 30.4 Å². The maximum atomic E-state index is 12.0. The van der Waals surface area contributed by atoms with Gasteiger partial charge in [-0.3, -0.25) is 4.79 Å². The minimum absolute atomic E-state index is 0.0126. The number of methoxy groups -OCH3 is 1. The Morgan fingerprint density at radius 3 is 2.79 bits per heavy atom. The summed E-state index contributed by atoms with van der Waals surface area (Å²) < 4.78 is 12.1. The molecule has 0 aromatic carbocycles. The highest BCUT2D eigenvalue weighted by molar-refractivity contribution is 8.32. The zero-order valence-electron chi connectivity index (χ0n) is 14.2. The van der Waals surface area contributed by atoms with E-state index in [-0.39, 0.29) is 30.3 Å². The standard InChI is InChI=1S/C14H22ClN5O3S/c1-22-13-12-10(18-14(15)19-13)7-17-20(12)8-11(21)16-9-23-5-6-24(2,3)4/h7H,5-6,8-9H2,1-4H3,(H,16,21). The molecule has 0 radical (unpaired) electrons. The fourth-order valence-electron chi connectivity index (χ4n) is 1.91. The second-order valence-corrected chi connectivity index (χ2v) is 10.9. The Morgan fingerprint density at radius 1 is 1.38 bits per heavy atom. The predicted molar refractivity (Wildman–Crippen MR) is 96.1 cm³/mol. The molecule has 2 aromatic heterocycles. The van der Waals surface area contributed by atoms with Crippen molar-refractivity contribution in [2.24, 2.45) is 0 Å². The monoisotopic (exact) mass is 375 g/mol. The number of rotatable bonds is 8. The van der Waals surface area contributed by atoms with Crippen molar-refractivity contribution in [2.75, 3.05) is 45.0 Å². The van der Waals surface area contributed by atoms with Crippen LogP contribution in [0.15, 0.2) is 6.20 Å². The van der Waals surface area contributed by atoms with Crippen LogP contribution in [-0.4, -0.2) is 70.6 Å². The second-order valence-electron chi connectivity index (χ2n) is 5.99. The molecule has 1 N–H and O–H groups in total. The molecule has 8 nitrogen and oxygen atoms in total. The predicted octanol–water partition coefficient (Wildman–Crippen LogP) is 1.27. The summed E-state index contributed by atoms with van der Waals surface area (Å²) in [6, 6.07) is 0. The first-order valence-electron chi connectivity index (χ1n) is 7.23. The fraction of sp³-hybridized carbons (Fsp3) is 0.571. The van der Waals surface area contributed by atoms with E-state index in [4.69, 9.17) is 21.1 Å². The van der Waals surface area contributed by atoms with Crippen molar-refractivity contribution >= 4 is 38.6 Å². The number of ether oxygens (including phenoxy) is 2. The van der Waals surface area contributed by atoms with Crippen molar-refractivity contribution in [1.29, 1.82) is 0 Å². The Balaban J connectivity index is 1.92. The van der Waals surface area contributed by atoms with Gasteiger partial charge in [-0.25, -0.2) is 19.7 Å². The van der Waals surface area contributed by atoms with Crippen molar-refractivity contribution in [3.8, 4) is 5.88 Å². The number of amides is 1. The average Bonchev–Trinajstić information content (AvgIpc) is 2.87. The Kier molecular flexibility index (Phi) is 6.25. The number of carbonyl (C=O) groups excluding carboxylic acids is 1. The first-order chi connectivity index (χ1) is 11.3. The van der Waals surface area contributed by atoms with Crippen LogP contribution < -0.4 is 10.1 Å². The lowest BCUT2D eigenvalue weighted by atomic mass is 10.4. The molecule has 2 aromatic rings. The lowest BCUT2D eigenvalue weighted by Gasteiger charge is -2.24. The first-order valence-corrected chi connectivity index (χ1v) is 10.6. The molecule has 0 spiro atoms. The van der Waals surface area contributed by atoms with E-state index in [2.05, 4.69) is 39.2 Å². The molecular weight excluding hydrogens is 354 g/mol. The minimum Gasteiger partial charge on any atom is -0.479 e. The smallest absolute Gasteiger partial charge is 0.244 e. The molecule has 24 heavy (non-hydrogen) atoms. The molecular formula is C14H22ClN5O3S. The molecule has 0 unspecified atom stereocenters. The van der Waals surface area contributed by atoms with Crippen molar-refractivity contribution in [2.45, 2.75) is 6.54 Å². The highest BCUT2D eigenvalue weighted by Crippen LogP contribution is 2.33. The van der Waals surface area contributed by atoms with Gasteiger partial charge in [0.05, 0.1) is 19.9 Å². The van der Waals surface area contributed by atoms with Gasteiger partial charge in [0.15, 0.2) is 0 Å². The van der Waals surface area contributed by atoms with Crippen LogP contribution in [-0.2, 0) is 16.1 Å². The topological polar surface area (TPSA) is 91.2 Å². The van der Waals surface area contributed by atoms with Gasteiger partial charge < -0.3 is 14.8 Å². The maximum absolute atomic E-state index is 12.0. The average molecular weight is 376 g/mol. The molecule has 0 aliphatic carbocycles. The van der Waals surface area contributed by atoms with Crippen LogP contribution in [0.25, 0.3) is 11.0 Å². The minimum atomic E-state index is -0.592. The van der Waals surface area contributed by atoms with E-state index < -0.39 is 10.0 Å². The van der Waals surface area contributed by atoms with Gasteiger partial charge in [0.2, 0.25) is 17.1 Å². The highest BCUT2D eigenvalue weighted by atomic mass is 35.5.